The minimum atomic E-state index is -0.0490. The fourth-order valence-electron chi connectivity index (χ4n) is 8.93. The van der Waals surface area contributed by atoms with Crippen LogP contribution in [0, 0.1) is 0 Å². The third kappa shape index (κ3) is 5.49. The molecule has 2 aromatic heterocycles. The molecular weight excluding hydrogens is 697 g/mol. The van der Waals surface area contributed by atoms with Crippen LogP contribution in [0.15, 0.2) is 142 Å². The topological polar surface area (TPSA) is 82.7 Å². The number of nitrogens with one attached hydrogen (secondary N) is 2. The average molecular weight is 749 g/mol. The lowest BCUT2D eigenvalue weighted by Gasteiger charge is -2.31. The maximum Gasteiger partial charge on any atom is 0.292 e. The quantitative estimate of drug-likeness (QED) is 0.422. The summed E-state index contributed by atoms with van der Waals surface area (Å²) < 4.78 is 4.49. The summed E-state index contributed by atoms with van der Waals surface area (Å²) in [6.45, 7) is 12.2. The monoisotopic (exact) mass is 748 g/mol. The van der Waals surface area contributed by atoms with Gasteiger partial charge in [-0.3, -0.25) is 0 Å². The minimum Gasteiger partial charge on any atom is -0.355 e. The van der Waals surface area contributed by atoms with E-state index < -0.39 is 0 Å². The van der Waals surface area contributed by atoms with Crippen molar-refractivity contribution >= 4 is 28.3 Å². The van der Waals surface area contributed by atoms with Crippen LogP contribution in [0.2, 0.25) is 0 Å². The SMILES string of the molecule is CCN1C=CN(C)C1=C1C2=NC(=C(C3N(C)C=CN3CC)C3=[NH+]C(=C(C4N(C)C=CN4CC)C4=NC(=C(c5n(CC)cc[n+]5C)c5ccc1[nH]5)C=C4)C=C3)C=C2. The summed E-state index contributed by atoms with van der Waals surface area (Å²) in [5.41, 5.74) is 12.1. The van der Waals surface area contributed by atoms with Crippen molar-refractivity contribution in [1.29, 1.82) is 0 Å². The van der Waals surface area contributed by atoms with E-state index in [1.165, 1.54) is 0 Å². The highest BCUT2D eigenvalue weighted by atomic mass is 15.4. The molecule has 12 nitrogen and oxygen atoms in total. The van der Waals surface area contributed by atoms with Gasteiger partial charge in [0.1, 0.15) is 36.1 Å². The van der Waals surface area contributed by atoms with Crippen molar-refractivity contribution in [2.75, 3.05) is 40.8 Å². The number of hydrogen-bond donors (Lipinski definition) is 2. The van der Waals surface area contributed by atoms with E-state index in [-0.39, 0.29) is 12.3 Å². The molecule has 0 fully saturated rings. The van der Waals surface area contributed by atoms with Crippen LogP contribution < -0.4 is 9.56 Å². The smallest absolute Gasteiger partial charge is 0.292 e. The number of allylic oxidation sites excluding steroid dienone is 7. The molecule has 0 aromatic carbocycles. The van der Waals surface area contributed by atoms with Crippen molar-refractivity contribution in [3.8, 4) is 0 Å². The van der Waals surface area contributed by atoms with E-state index in [9.17, 15) is 0 Å². The number of likely N-dealkylation sites (N-methyl/N-ethyl adjacent to an activating group) is 4. The Morgan fingerprint density at radius 1 is 0.679 bits per heavy atom. The molecule has 7 aliphatic heterocycles. The Balaban J connectivity index is 1.37. The van der Waals surface area contributed by atoms with E-state index >= 15 is 0 Å². The Labute approximate surface area is 329 Å². The molecule has 12 heteroatoms. The molecule has 0 aliphatic carbocycles. The molecule has 0 amide bonds. The lowest BCUT2D eigenvalue weighted by Crippen LogP contribution is -2.70. The third-order valence-electron chi connectivity index (χ3n) is 11.7. The van der Waals surface area contributed by atoms with Gasteiger partial charge in [0.2, 0.25) is 11.4 Å². The van der Waals surface area contributed by atoms with E-state index in [2.05, 4.69) is 203 Å². The second-order valence-corrected chi connectivity index (χ2v) is 15.0. The molecule has 286 valence electrons. The molecule has 2 aromatic rings. The van der Waals surface area contributed by atoms with Crippen molar-refractivity contribution in [1.82, 2.24) is 39.0 Å². The maximum absolute atomic E-state index is 5.56. The fourth-order valence-corrected chi connectivity index (χ4v) is 8.93. The van der Waals surface area contributed by atoms with Crippen molar-refractivity contribution in [2.45, 2.75) is 46.6 Å². The summed E-state index contributed by atoms with van der Waals surface area (Å²) >= 11 is 0. The molecule has 0 saturated heterocycles. The van der Waals surface area contributed by atoms with Crippen molar-refractivity contribution < 1.29 is 9.56 Å². The van der Waals surface area contributed by atoms with Crippen LogP contribution in [0.4, 0.5) is 0 Å². The summed E-state index contributed by atoms with van der Waals surface area (Å²) in [7, 11) is 8.53. The molecule has 8 bridgehead atoms. The third-order valence-corrected chi connectivity index (χ3v) is 11.7. The molecule has 9 heterocycles. The first kappa shape index (κ1) is 35.4. The van der Waals surface area contributed by atoms with E-state index in [1.807, 2.05) is 0 Å². The second-order valence-electron chi connectivity index (χ2n) is 15.0. The first-order valence-electron chi connectivity index (χ1n) is 19.8. The van der Waals surface area contributed by atoms with Gasteiger partial charge in [-0.1, -0.05) is 0 Å². The number of aromatic amines is 1. The molecule has 0 saturated carbocycles. The van der Waals surface area contributed by atoms with E-state index in [0.29, 0.717) is 0 Å². The number of nitrogens with zero attached hydrogens (tertiary/aromatic N) is 10. The number of imidazole rings is 1. The number of aromatic nitrogens is 3. The number of H-pyrrole nitrogens is 1. The summed E-state index contributed by atoms with van der Waals surface area (Å²) in [4.78, 5) is 32.8. The van der Waals surface area contributed by atoms with Gasteiger partial charge in [-0.15, -0.1) is 0 Å². The predicted octanol–water partition coefficient (Wildman–Crippen LogP) is 3.59. The van der Waals surface area contributed by atoms with E-state index in [1.54, 1.807) is 0 Å². The Kier molecular flexibility index (Phi) is 8.71. The molecule has 2 unspecified atom stereocenters. The predicted molar refractivity (Wildman–Crippen MR) is 223 cm³/mol. The van der Waals surface area contributed by atoms with Crippen LogP contribution >= 0.6 is 0 Å². The van der Waals surface area contributed by atoms with Crippen LogP contribution in [0.3, 0.4) is 0 Å². The highest BCUT2D eigenvalue weighted by Gasteiger charge is 2.40. The van der Waals surface area contributed by atoms with Gasteiger partial charge in [-0.2, -0.15) is 0 Å². The van der Waals surface area contributed by atoms with Gasteiger partial charge in [0.15, 0.2) is 0 Å². The van der Waals surface area contributed by atoms with E-state index in [0.717, 1.165) is 106 Å². The van der Waals surface area contributed by atoms with Gasteiger partial charge < -0.3 is 34.4 Å². The zero-order chi connectivity index (χ0) is 38.8. The first-order chi connectivity index (χ1) is 27.2. The molecule has 0 spiro atoms. The molecule has 0 radical (unpaired) electrons. The van der Waals surface area contributed by atoms with Crippen molar-refractivity contribution in [3.63, 3.8) is 0 Å². The average Bonchev–Trinajstić information content (AvgIpc) is 4.06. The Morgan fingerprint density at radius 3 is 2.04 bits per heavy atom. The molecule has 2 N–H and O–H groups in total. The highest BCUT2D eigenvalue weighted by molar-refractivity contribution is 6.31. The largest absolute Gasteiger partial charge is 0.355 e. The Bertz CT molecular complexity index is 2410. The normalized spacial score (nSPS) is 24.0. The summed E-state index contributed by atoms with van der Waals surface area (Å²) in [5, 5.41) is 0. The van der Waals surface area contributed by atoms with Gasteiger partial charge >= 0.3 is 0 Å². The number of aliphatic imine (C=N–C) groups is 2. The molecule has 9 rings (SSSR count). The van der Waals surface area contributed by atoms with E-state index in [4.69, 9.17) is 9.98 Å². The maximum atomic E-state index is 5.56. The van der Waals surface area contributed by atoms with Gasteiger partial charge in [-0.05, 0) is 64.1 Å². The molecule has 56 heavy (non-hydrogen) atoms. The summed E-state index contributed by atoms with van der Waals surface area (Å²) in [6.07, 6.45) is 30.4. The van der Waals surface area contributed by atoms with Crippen LogP contribution in [0.1, 0.15) is 44.9 Å². The molecule has 2 atom stereocenters. The minimum absolute atomic E-state index is 0.0490. The summed E-state index contributed by atoms with van der Waals surface area (Å²) in [6, 6.07) is 4.41. The fraction of sp³-hybridized carbons (Fsp3) is 0.318. The van der Waals surface area contributed by atoms with Crippen LogP contribution in [-0.2, 0) is 13.6 Å². The van der Waals surface area contributed by atoms with Gasteiger partial charge in [-0.25, -0.2) is 24.1 Å². The van der Waals surface area contributed by atoms with Crippen molar-refractivity contribution in [2.24, 2.45) is 17.0 Å². The van der Waals surface area contributed by atoms with Gasteiger partial charge in [0, 0.05) is 90.1 Å². The lowest BCUT2D eigenvalue weighted by atomic mass is 10.0. The zero-order valence-electron chi connectivity index (χ0n) is 33.7. The lowest BCUT2D eigenvalue weighted by molar-refractivity contribution is -0.673. The highest BCUT2D eigenvalue weighted by Crippen LogP contribution is 2.37. The van der Waals surface area contributed by atoms with Gasteiger partial charge in [0.05, 0.1) is 64.5 Å². The second kappa shape index (κ2) is 13.8. The number of fused-ring (bicyclic) bond motifs is 5. The van der Waals surface area contributed by atoms with Crippen LogP contribution in [0.25, 0.3) is 11.1 Å². The standard InChI is InChI=1S/C44H51N12/c1-9-53-25-21-49(5)41(53)37-29-13-15-31(45-29)38(42-50(6)22-26-54(42)10-2)33-17-19-35(47-33)40(44-52(8)24-28-56(44)12-4)36-20-18-34(48-36)39(32-16-14-30(37)46-32)43-51(7)23-27-55(43)11-3/h13-28,41-42,48H,9-12H2,1-8H3/q+1/p+1. The number of rotatable bonds is 7. The number of hydrogen-bond acceptors (Lipinski definition) is 8. The van der Waals surface area contributed by atoms with Crippen LogP contribution in [-0.4, -0.2) is 109 Å². The Hall–Kier alpha value is -6.30. The first-order valence-corrected chi connectivity index (χ1v) is 19.8. The summed E-state index contributed by atoms with van der Waals surface area (Å²) in [5.74, 6) is 2.16. The zero-order valence-corrected chi connectivity index (χ0v) is 33.7. The van der Waals surface area contributed by atoms with Crippen LogP contribution in [0.5, 0.6) is 0 Å². The Morgan fingerprint density at radius 2 is 1.34 bits per heavy atom. The number of aryl methyl sites for hydroxylation is 2. The van der Waals surface area contributed by atoms with Crippen molar-refractivity contribution in [3.05, 3.63) is 149 Å². The molecular formula is C44H52N12+2. The molecule has 7 aliphatic rings. The van der Waals surface area contributed by atoms with Gasteiger partial charge in [0.25, 0.3) is 5.82 Å².